The monoisotopic (exact) mass is 320 g/mol. The predicted molar refractivity (Wildman–Crippen MR) is 90.4 cm³/mol. The summed E-state index contributed by atoms with van der Waals surface area (Å²) < 4.78 is 5.09. The Bertz CT molecular complexity index is 501. The SMILES string of the molecule is COC[C@H](C)NC(=O)N(Cc1ccccc1O)C1CCCCC1. The summed E-state index contributed by atoms with van der Waals surface area (Å²) in [5, 5.41) is 13.0. The second kappa shape index (κ2) is 8.77. The van der Waals surface area contributed by atoms with Crippen LogP contribution in [0.5, 0.6) is 5.75 Å². The van der Waals surface area contributed by atoms with Crippen LogP contribution in [0.1, 0.15) is 44.6 Å². The summed E-state index contributed by atoms with van der Waals surface area (Å²) in [4.78, 5) is 14.6. The third-order valence-corrected chi connectivity index (χ3v) is 4.40. The lowest BCUT2D eigenvalue weighted by atomic mass is 9.94. The average Bonchev–Trinajstić information content (AvgIpc) is 2.55. The maximum atomic E-state index is 12.7. The standard InChI is InChI=1S/C18H28N2O3/c1-14(13-23-2)19-18(22)20(16-9-4-3-5-10-16)12-15-8-6-7-11-17(15)21/h6-8,11,14,16,21H,3-5,9-10,12-13H2,1-2H3,(H,19,22)/t14-/m0/s1. The molecule has 0 radical (unpaired) electrons. The van der Waals surface area contributed by atoms with E-state index >= 15 is 0 Å². The van der Waals surface area contributed by atoms with E-state index in [9.17, 15) is 9.90 Å². The minimum absolute atomic E-state index is 0.0389. The van der Waals surface area contributed by atoms with Gasteiger partial charge in [0.05, 0.1) is 19.2 Å². The highest BCUT2D eigenvalue weighted by Crippen LogP contribution is 2.26. The Morgan fingerprint density at radius 2 is 2.04 bits per heavy atom. The molecule has 23 heavy (non-hydrogen) atoms. The molecule has 1 aliphatic rings. The van der Waals surface area contributed by atoms with Gasteiger partial charge in [0.1, 0.15) is 5.75 Å². The van der Waals surface area contributed by atoms with Crippen molar-refractivity contribution in [2.75, 3.05) is 13.7 Å². The van der Waals surface area contributed by atoms with E-state index in [1.54, 1.807) is 19.2 Å². The van der Waals surface area contributed by atoms with Gasteiger partial charge in [0.2, 0.25) is 0 Å². The van der Waals surface area contributed by atoms with Gasteiger partial charge in [-0.25, -0.2) is 4.79 Å². The molecular weight excluding hydrogens is 292 g/mol. The number of hydrogen-bond acceptors (Lipinski definition) is 3. The number of benzene rings is 1. The van der Waals surface area contributed by atoms with Gasteiger partial charge in [0.25, 0.3) is 0 Å². The van der Waals surface area contributed by atoms with E-state index in [1.807, 2.05) is 24.0 Å². The molecular formula is C18H28N2O3. The zero-order chi connectivity index (χ0) is 16.7. The van der Waals surface area contributed by atoms with Crippen LogP contribution in [0.2, 0.25) is 0 Å². The number of ether oxygens (including phenoxy) is 1. The molecule has 2 rings (SSSR count). The molecule has 0 saturated heterocycles. The summed E-state index contributed by atoms with van der Waals surface area (Å²) >= 11 is 0. The number of amides is 2. The van der Waals surface area contributed by atoms with Crippen LogP contribution in [-0.2, 0) is 11.3 Å². The number of rotatable bonds is 6. The first-order valence-electron chi connectivity index (χ1n) is 8.44. The van der Waals surface area contributed by atoms with Gasteiger partial charge in [-0.2, -0.15) is 0 Å². The van der Waals surface area contributed by atoms with Crippen LogP contribution in [0.3, 0.4) is 0 Å². The van der Waals surface area contributed by atoms with Crippen molar-refractivity contribution in [1.82, 2.24) is 10.2 Å². The highest BCUT2D eigenvalue weighted by atomic mass is 16.5. The van der Waals surface area contributed by atoms with Gasteiger partial charge < -0.3 is 20.1 Å². The Hall–Kier alpha value is -1.75. The fraction of sp³-hybridized carbons (Fsp3) is 0.611. The topological polar surface area (TPSA) is 61.8 Å². The molecule has 1 aliphatic carbocycles. The van der Waals surface area contributed by atoms with E-state index in [4.69, 9.17) is 4.74 Å². The molecule has 0 spiro atoms. The van der Waals surface area contributed by atoms with E-state index < -0.39 is 0 Å². The fourth-order valence-corrected chi connectivity index (χ4v) is 3.17. The van der Waals surface area contributed by atoms with Crippen molar-refractivity contribution in [2.45, 2.75) is 57.7 Å². The van der Waals surface area contributed by atoms with Crippen molar-refractivity contribution in [2.24, 2.45) is 0 Å². The van der Waals surface area contributed by atoms with Crippen LogP contribution >= 0.6 is 0 Å². The quantitative estimate of drug-likeness (QED) is 0.845. The molecule has 2 amide bonds. The van der Waals surface area contributed by atoms with Crippen LogP contribution in [-0.4, -0.2) is 41.8 Å². The number of para-hydroxylation sites is 1. The number of carbonyl (C=O) groups is 1. The molecule has 0 bridgehead atoms. The Balaban J connectivity index is 2.10. The Kier molecular flexibility index (Phi) is 6.71. The van der Waals surface area contributed by atoms with Gasteiger partial charge >= 0.3 is 6.03 Å². The third kappa shape index (κ3) is 5.13. The minimum Gasteiger partial charge on any atom is -0.508 e. The van der Waals surface area contributed by atoms with Gasteiger partial charge in [-0.15, -0.1) is 0 Å². The van der Waals surface area contributed by atoms with E-state index in [1.165, 1.54) is 6.42 Å². The van der Waals surface area contributed by atoms with Crippen molar-refractivity contribution in [1.29, 1.82) is 0 Å². The van der Waals surface area contributed by atoms with E-state index in [2.05, 4.69) is 5.32 Å². The van der Waals surface area contributed by atoms with E-state index in [-0.39, 0.29) is 23.9 Å². The zero-order valence-electron chi connectivity index (χ0n) is 14.1. The van der Waals surface area contributed by atoms with Crippen LogP contribution in [0.15, 0.2) is 24.3 Å². The molecule has 5 heteroatoms. The molecule has 0 aromatic heterocycles. The molecule has 1 atom stereocenters. The number of phenols is 1. The maximum absolute atomic E-state index is 12.7. The Morgan fingerprint density at radius 1 is 1.35 bits per heavy atom. The number of nitrogens with zero attached hydrogens (tertiary/aromatic N) is 1. The number of urea groups is 1. The highest BCUT2D eigenvalue weighted by molar-refractivity contribution is 5.75. The largest absolute Gasteiger partial charge is 0.508 e. The van der Waals surface area contributed by atoms with E-state index in [0.717, 1.165) is 31.2 Å². The maximum Gasteiger partial charge on any atom is 0.318 e. The number of nitrogens with one attached hydrogen (secondary N) is 1. The number of carbonyl (C=O) groups excluding carboxylic acids is 1. The Labute approximate surface area is 138 Å². The van der Waals surface area contributed by atoms with Crippen molar-refractivity contribution in [3.05, 3.63) is 29.8 Å². The summed E-state index contributed by atoms with van der Waals surface area (Å²) in [6.45, 7) is 2.85. The molecule has 0 heterocycles. The normalized spacial score (nSPS) is 16.8. The summed E-state index contributed by atoms with van der Waals surface area (Å²) in [5.41, 5.74) is 0.785. The smallest absolute Gasteiger partial charge is 0.318 e. The van der Waals surface area contributed by atoms with Gasteiger partial charge in [0.15, 0.2) is 0 Å². The second-order valence-corrected chi connectivity index (χ2v) is 6.35. The fourth-order valence-electron chi connectivity index (χ4n) is 3.17. The molecule has 128 valence electrons. The molecule has 1 aromatic rings. The van der Waals surface area contributed by atoms with Crippen LogP contribution in [0.4, 0.5) is 4.79 Å². The van der Waals surface area contributed by atoms with Crippen LogP contribution in [0.25, 0.3) is 0 Å². The first-order valence-corrected chi connectivity index (χ1v) is 8.44. The average molecular weight is 320 g/mol. The molecule has 2 N–H and O–H groups in total. The minimum atomic E-state index is -0.0790. The molecule has 1 fully saturated rings. The lowest BCUT2D eigenvalue weighted by molar-refractivity contribution is 0.134. The Morgan fingerprint density at radius 3 is 2.70 bits per heavy atom. The van der Waals surface area contributed by atoms with Gasteiger partial charge in [-0.3, -0.25) is 0 Å². The highest BCUT2D eigenvalue weighted by Gasteiger charge is 2.27. The van der Waals surface area contributed by atoms with Gasteiger partial charge in [0, 0.05) is 18.7 Å². The third-order valence-electron chi connectivity index (χ3n) is 4.40. The number of hydrogen-bond donors (Lipinski definition) is 2. The van der Waals surface area contributed by atoms with Gasteiger partial charge in [-0.05, 0) is 25.8 Å². The van der Waals surface area contributed by atoms with Crippen molar-refractivity contribution >= 4 is 6.03 Å². The summed E-state index contributed by atoms with van der Waals surface area (Å²) in [5.74, 6) is 0.242. The van der Waals surface area contributed by atoms with Crippen molar-refractivity contribution in [3.8, 4) is 5.75 Å². The molecule has 0 unspecified atom stereocenters. The molecule has 1 saturated carbocycles. The van der Waals surface area contributed by atoms with Crippen LogP contribution in [0, 0.1) is 0 Å². The summed E-state index contributed by atoms with van der Waals surface area (Å²) in [6.07, 6.45) is 5.60. The van der Waals surface area contributed by atoms with Crippen molar-refractivity contribution < 1.29 is 14.6 Å². The van der Waals surface area contributed by atoms with Gasteiger partial charge in [-0.1, -0.05) is 37.5 Å². The van der Waals surface area contributed by atoms with Crippen molar-refractivity contribution in [3.63, 3.8) is 0 Å². The number of methoxy groups -OCH3 is 1. The van der Waals surface area contributed by atoms with Crippen LogP contribution < -0.4 is 5.32 Å². The number of aromatic hydroxyl groups is 1. The molecule has 1 aromatic carbocycles. The second-order valence-electron chi connectivity index (χ2n) is 6.35. The lowest BCUT2D eigenvalue weighted by Gasteiger charge is -2.35. The van der Waals surface area contributed by atoms with E-state index in [0.29, 0.717) is 13.2 Å². The predicted octanol–water partition coefficient (Wildman–Crippen LogP) is 3.27. The first-order chi connectivity index (χ1) is 11.1. The molecule has 0 aliphatic heterocycles. The number of phenolic OH excluding ortho intramolecular Hbond substituents is 1. The zero-order valence-corrected chi connectivity index (χ0v) is 14.1. The first kappa shape index (κ1) is 17.6. The lowest BCUT2D eigenvalue weighted by Crippen LogP contribution is -2.49. The summed E-state index contributed by atoms with van der Waals surface area (Å²) in [7, 11) is 1.63. The summed E-state index contributed by atoms with van der Waals surface area (Å²) in [6, 6.07) is 7.34. The molecule has 5 nitrogen and oxygen atoms in total.